The zero-order valence-corrected chi connectivity index (χ0v) is 17.1. The summed E-state index contributed by atoms with van der Waals surface area (Å²) in [5.74, 6) is 0.469. The minimum absolute atomic E-state index is 0.145. The van der Waals surface area contributed by atoms with Gasteiger partial charge in [0, 0.05) is 23.6 Å². The number of nitro groups is 1. The molecule has 1 N–H and O–H groups in total. The molecule has 0 bridgehead atoms. The maximum atomic E-state index is 12.4. The number of rotatable bonds is 6. The van der Waals surface area contributed by atoms with Gasteiger partial charge in [0.05, 0.1) is 37.6 Å². The third-order valence-electron chi connectivity index (χ3n) is 4.19. The molecule has 0 saturated heterocycles. The summed E-state index contributed by atoms with van der Waals surface area (Å²) in [6.45, 7) is 1.70. The summed E-state index contributed by atoms with van der Waals surface area (Å²) in [7, 11) is 1.42. The highest BCUT2D eigenvalue weighted by Crippen LogP contribution is 2.39. The van der Waals surface area contributed by atoms with Crippen LogP contribution in [0.5, 0.6) is 11.5 Å². The number of nitrogens with zero attached hydrogens (tertiary/aromatic N) is 2. The number of carbonyl (C=O) groups is 1. The van der Waals surface area contributed by atoms with Crippen LogP contribution in [0.2, 0.25) is 0 Å². The van der Waals surface area contributed by atoms with E-state index < -0.39 is 10.8 Å². The lowest BCUT2D eigenvalue weighted by molar-refractivity contribution is -0.384. The molecule has 148 valence electrons. The number of benzene rings is 2. The fourth-order valence-electron chi connectivity index (χ4n) is 2.94. The summed E-state index contributed by atoms with van der Waals surface area (Å²) in [6.07, 6.45) is 0. The number of non-ortho nitro benzene ring substituents is 1. The zero-order chi connectivity index (χ0) is 20.5. The number of amides is 1. The van der Waals surface area contributed by atoms with E-state index >= 15 is 0 Å². The van der Waals surface area contributed by atoms with Crippen molar-refractivity contribution >= 4 is 60.3 Å². The summed E-state index contributed by atoms with van der Waals surface area (Å²) in [5.41, 5.74) is 1.01. The smallest absolute Gasteiger partial charge is 0.271 e. The zero-order valence-electron chi connectivity index (χ0n) is 15.4. The topological polar surface area (TPSA) is 104 Å². The van der Waals surface area contributed by atoms with Crippen molar-refractivity contribution in [3.63, 3.8) is 0 Å². The summed E-state index contributed by atoms with van der Waals surface area (Å²) < 4.78 is 12.9. The summed E-state index contributed by atoms with van der Waals surface area (Å²) in [6, 6.07) is 7.81. The number of anilines is 1. The van der Waals surface area contributed by atoms with Crippen LogP contribution >= 0.6 is 22.7 Å². The molecule has 0 spiro atoms. The molecular formula is C19H15N3O5S2. The molecule has 2 aromatic carbocycles. The van der Waals surface area contributed by atoms with E-state index in [1.165, 1.54) is 25.3 Å². The Labute approximate surface area is 172 Å². The van der Waals surface area contributed by atoms with E-state index in [0.717, 1.165) is 25.3 Å². The van der Waals surface area contributed by atoms with Crippen LogP contribution in [-0.4, -0.2) is 29.5 Å². The molecular weight excluding hydrogens is 414 g/mol. The molecule has 2 heterocycles. The van der Waals surface area contributed by atoms with Crippen LogP contribution in [0.15, 0.2) is 35.7 Å². The third-order valence-corrected chi connectivity index (χ3v) is 6.03. The number of hydrogen-bond acceptors (Lipinski definition) is 8. The van der Waals surface area contributed by atoms with Crippen LogP contribution < -0.4 is 14.8 Å². The Hall–Kier alpha value is -3.24. The van der Waals surface area contributed by atoms with Gasteiger partial charge in [0.1, 0.15) is 11.5 Å². The lowest BCUT2D eigenvalue weighted by atomic mass is 10.2. The highest BCUT2D eigenvalue weighted by Gasteiger charge is 2.16. The van der Waals surface area contributed by atoms with Gasteiger partial charge in [0.25, 0.3) is 11.6 Å². The SMILES string of the molecule is COc1ccc([N+](=O)[O-])cc1NC(=O)COc1cc2sc(C)nc2c2sccc12. The first-order valence-electron chi connectivity index (χ1n) is 8.48. The molecule has 0 aliphatic rings. The minimum Gasteiger partial charge on any atom is -0.495 e. The van der Waals surface area contributed by atoms with E-state index in [0.29, 0.717) is 11.5 Å². The number of aromatic nitrogens is 1. The average Bonchev–Trinajstić information content (AvgIpc) is 3.31. The number of nitro benzene ring substituents is 1. The quantitative estimate of drug-likeness (QED) is 0.350. The predicted octanol–water partition coefficient (Wildman–Crippen LogP) is 4.75. The Kier molecular flexibility index (Phi) is 5.03. The van der Waals surface area contributed by atoms with E-state index in [9.17, 15) is 14.9 Å². The molecule has 10 heteroatoms. The fourth-order valence-corrected chi connectivity index (χ4v) is 4.78. The van der Waals surface area contributed by atoms with Crippen molar-refractivity contribution in [2.24, 2.45) is 0 Å². The Bertz CT molecular complexity index is 1250. The van der Waals surface area contributed by atoms with Crippen molar-refractivity contribution in [3.8, 4) is 11.5 Å². The van der Waals surface area contributed by atoms with E-state index in [2.05, 4.69) is 10.3 Å². The first-order valence-corrected chi connectivity index (χ1v) is 10.2. The van der Waals surface area contributed by atoms with Gasteiger partial charge in [-0.2, -0.15) is 0 Å². The number of fused-ring (bicyclic) bond motifs is 3. The van der Waals surface area contributed by atoms with Crippen molar-refractivity contribution < 1.29 is 19.2 Å². The molecule has 0 aliphatic carbocycles. The molecule has 0 radical (unpaired) electrons. The molecule has 4 aromatic rings. The number of ether oxygens (including phenoxy) is 2. The van der Waals surface area contributed by atoms with Gasteiger partial charge in [-0.15, -0.1) is 22.7 Å². The van der Waals surface area contributed by atoms with Gasteiger partial charge in [0.2, 0.25) is 0 Å². The second-order valence-corrected chi connectivity index (χ2v) is 8.25. The summed E-state index contributed by atoms with van der Waals surface area (Å²) in [5, 5.41) is 17.4. The predicted molar refractivity (Wildman–Crippen MR) is 114 cm³/mol. The van der Waals surface area contributed by atoms with Crippen molar-refractivity contribution in [3.05, 3.63) is 50.8 Å². The Morgan fingerprint density at radius 1 is 1.28 bits per heavy atom. The Morgan fingerprint density at radius 3 is 2.86 bits per heavy atom. The molecule has 0 aliphatic heterocycles. The van der Waals surface area contributed by atoms with Crippen molar-refractivity contribution in [2.45, 2.75) is 6.92 Å². The van der Waals surface area contributed by atoms with Crippen LogP contribution in [0.1, 0.15) is 5.01 Å². The van der Waals surface area contributed by atoms with Gasteiger partial charge in [0.15, 0.2) is 6.61 Å². The van der Waals surface area contributed by atoms with E-state index in [1.807, 2.05) is 24.4 Å². The van der Waals surface area contributed by atoms with Crippen LogP contribution in [0.4, 0.5) is 11.4 Å². The molecule has 2 aromatic heterocycles. The van der Waals surface area contributed by atoms with E-state index in [1.54, 1.807) is 22.7 Å². The second-order valence-electron chi connectivity index (χ2n) is 6.10. The highest BCUT2D eigenvalue weighted by molar-refractivity contribution is 7.21. The molecule has 1 amide bonds. The summed E-state index contributed by atoms with van der Waals surface area (Å²) >= 11 is 3.14. The van der Waals surface area contributed by atoms with Gasteiger partial charge in [-0.3, -0.25) is 14.9 Å². The Morgan fingerprint density at radius 2 is 2.10 bits per heavy atom. The monoisotopic (exact) mass is 429 g/mol. The summed E-state index contributed by atoms with van der Waals surface area (Å²) in [4.78, 5) is 27.4. The van der Waals surface area contributed by atoms with Crippen LogP contribution in [0.3, 0.4) is 0 Å². The normalized spacial score (nSPS) is 11.0. The maximum Gasteiger partial charge on any atom is 0.271 e. The average molecular weight is 429 g/mol. The van der Waals surface area contributed by atoms with Gasteiger partial charge in [-0.05, 0) is 24.4 Å². The van der Waals surface area contributed by atoms with Gasteiger partial charge < -0.3 is 14.8 Å². The van der Waals surface area contributed by atoms with Crippen molar-refractivity contribution in [2.75, 3.05) is 19.0 Å². The molecule has 8 nitrogen and oxygen atoms in total. The maximum absolute atomic E-state index is 12.4. The first-order chi connectivity index (χ1) is 14.0. The number of nitrogens with one attached hydrogen (secondary N) is 1. The Balaban J connectivity index is 1.55. The van der Waals surface area contributed by atoms with Crippen LogP contribution in [0.25, 0.3) is 20.3 Å². The van der Waals surface area contributed by atoms with Gasteiger partial charge in [-0.25, -0.2) is 4.98 Å². The van der Waals surface area contributed by atoms with Gasteiger partial charge in [-0.1, -0.05) is 0 Å². The number of aryl methyl sites for hydroxylation is 1. The standard InChI is InChI=1S/C19H15N3O5S2/c1-10-20-18-16(29-10)8-15(12-5-6-28-19(12)18)27-9-17(23)21-13-7-11(22(24)25)3-4-14(13)26-2/h3-8H,9H2,1-2H3,(H,21,23). The molecule has 29 heavy (non-hydrogen) atoms. The van der Waals surface area contributed by atoms with E-state index in [-0.39, 0.29) is 18.0 Å². The number of thiophene rings is 1. The number of carbonyl (C=O) groups excluding carboxylic acids is 1. The van der Waals surface area contributed by atoms with Crippen molar-refractivity contribution in [1.82, 2.24) is 4.98 Å². The first kappa shape index (κ1) is 19.1. The fraction of sp³-hybridized carbons (Fsp3) is 0.158. The largest absolute Gasteiger partial charge is 0.495 e. The van der Waals surface area contributed by atoms with Crippen molar-refractivity contribution in [1.29, 1.82) is 0 Å². The number of hydrogen-bond donors (Lipinski definition) is 1. The van der Waals surface area contributed by atoms with Gasteiger partial charge >= 0.3 is 0 Å². The lowest BCUT2D eigenvalue weighted by Gasteiger charge is -2.11. The van der Waals surface area contributed by atoms with Crippen LogP contribution in [-0.2, 0) is 4.79 Å². The third kappa shape index (κ3) is 3.71. The van der Waals surface area contributed by atoms with E-state index in [4.69, 9.17) is 9.47 Å². The number of methoxy groups -OCH3 is 1. The molecule has 0 atom stereocenters. The molecule has 4 rings (SSSR count). The second kappa shape index (κ2) is 7.64. The lowest BCUT2D eigenvalue weighted by Crippen LogP contribution is -2.20. The van der Waals surface area contributed by atoms with Crippen LogP contribution in [0, 0.1) is 17.0 Å². The molecule has 0 fully saturated rings. The highest BCUT2D eigenvalue weighted by atomic mass is 32.1. The minimum atomic E-state index is -0.537. The molecule has 0 saturated carbocycles. The molecule has 0 unspecified atom stereocenters. The number of thiazole rings is 1.